The summed E-state index contributed by atoms with van der Waals surface area (Å²) >= 11 is 0. The fraction of sp³-hybridized carbons (Fsp3) is 0.962. The van der Waals surface area contributed by atoms with Gasteiger partial charge in [0, 0.05) is 0 Å². The van der Waals surface area contributed by atoms with Crippen LogP contribution in [0.1, 0.15) is 143 Å². The van der Waals surface area contributed by atoms with Crippen LogP contribution < -0.4 is 0 Å². The Morgan fingerprint density at radius 1 is 0.586 bits per heavy atom. The van der Waals surface area contributed by atoms with E-state index in [2.05, 4.69) is 20.8 Å². The second-order valence-corrected chi connectivity index (χ2v) is 8.78. The van der Waals surface area contributed by atoms with E-state index in [1.54, 1.807) is 0 Å². The minimum absolute atomic E-state index is 0.480. The van der Waals surface area contributed by atoms with Gasteiger partial charge in [-0.25, -0.2) is 4.79 Å². The number of hydrogen-bond donors (Lipinski definition) is 0. The van der Waals surface area contributed by atoms with Crippen LogP contribution in [0.4, 0.5) is 4.79 Å². The predicted molar refractivity (Wildman–Crippen MR) is 126 cm³/mol. The van der Waals surface area contributed by atoms with E-state index in [1.807, 2.05) is 0 Å². The van der Waals surface area contributed by atoms with Gasteiger partial charge in [0.15, 0.2) is 0 Å². The molecular formula is C26H52O3. The van der Waals surface area contributed by atoms with Gasteiger partial charge in [0.2, 0.25) is 0 Å². The van der Waals surface area contributed by atoms with Crippen LogP contribution in [-0.4, -0.2) is 19.4 Å². The van der Waals surface area contributed by atoms with Gasteiger partial charge < -0.3 is 9.47 Å². The van der Waals surface area contributed by atoms with Crippen molar-refractivity contribution in [3.05, 3.63) is 0 Å². The molecule has 0 rings (SSSR count). The van der Waals surface area contributed by atoms with E-state index in [0.717, 1.165) is 25.7 Å². The van der Waals surface area contributed by atoms with E-state index in [9.17, 15) is 4.79 Å². The molecule has 0 N–H and O–H groups in total. The SMILES string of the molecule is CCCCCCCCCCCCCCCCCOC(=O)OCC(CC)CCCC. The van der Waals surface area contributed by atoms with E-state index < -0.39 is 6.16 Å². The molecular weight excluding hydrogens is 360 g/mol. The topological polar surface area (TPSA) is 35.5 Å². The van der Waals surface area contributed by atoms with Crippen LogP contribution in [0.25, 0.3) is 0 Å². The number of carbonyl (C=O) groups is 1. The van der Waals surface area contributed by atoms with Gasteiger partial charge in [-0.2, -0.15) is 0 Å². The Kier molecular flexibility index (Phi) is 23.0. The minimum atomic E-state index is -0.481. The molecule has 29 heavy (non-hydrogen) atoms. The first-order valence-electron chi connectivity index (χ1n) is 13.0. The maximum Gasteiger partial charge on any atom is 0.508 e. The normalized spacial score (nSPS) is 12.1. The van der Waals surface area contributed by atoms with E-state index in [4.69, 9.17) is 9.47 Å². The highest BCUT2D eigenvalue weighted by Gasteiger charge is 2.10. The summed E-state index contributed by atoms with van der Waals surface area (Å²) in [5.74, 6) is 0.480. The maximum absolute atomic E-state index is 11.6. The molecule has 3 nitrogen and oxygen atoms in total. The highest BCUT2D eigenvalue weighted by Crippen LogP contribution is 2.14. The first-order chi connectivity index (χ1) is 14.2. The van der Waals surface area contributed by atoms with Crippen molar-refractivity contribution in [1.82, 2.24) is 0 Å². The average molecular weight is 413 g/mol. The molecule has 0 spiro atoms. The van der Waals surface area contributed by atoms with Crippen molar-refractivity contribution in [2.45, 2.75) is 143 Å². The molecule has 0 aliphatic carbocycles. The molecule has 0 saturated heterocycles. The Labute approximate surface area is 182 Å². The minimum Gasteiger partial charge on any atom is -0.434 e. The van der Waals surface area contributed by atoms with Crippen LogP contribution in [0.15, 0.2) is 0 Å². The van der Waals surface area contributed by atoms with Gasteiger partial charge in [-0.3, -0.25) is 0 Å². The first-order valence-corrected chi connectivity index (χ1v) is 13.0. The number of hydrogen-bond acceptors (Lipinski definition) is 3. The summed E-state index contributed by atoms with van der Waals surface area (Å²) in [6.45, 7) is 7.64. The lowest BCUT2D eigenvalue weighted by Crippen LogP contribution is -2.15. The molecule has 0 heterocycles. The van der Waals surface area contributed by atoms with Crippen molar-refractivity contribution >= 4 is 6.16 Å². The monoisotopic (exact) mass is 412 g/mol. The number of unbranched alkanes of at least 4 members (excludes halogenated alkanes) is 15. The molecule has 0 aromatic heterocycles. The molecule has 0 saturated carbocycles. The van der Waals surface area contributed by atoms with Crippen molar-refractivity contribution in [2.24, 2.45) is 5.92 Å². The molecule has 0 aromatic carbocycles. The number of rotatable bonds is 22. The average Bonchev–Trinajstić information content (AvgIpc) is 2.73. The Morgan fingerprint density at radius 3 is 1.48 bits per heavy atom. The lowest BCUT2D eigenvalue weighted by molar-refractivity contribution is 0.0415. The molecule has 0 aliphatic heterocycles. The Balaban J connectivity index is 3.25. The largest absolute Gasteiger partial charge is 0.508 e. The second-order valence-electron chi connectivity index (χ2n) is 8.78. The zero-order chi connectivity index (χ0) is 21.4. The lowest BCUT2D eigenvalue weighted by Gasteiger charge is -2.14. The van der Waals surface area contributed by atoms with E-state index in [1.165, 1.54) is 96.3 Å². The fourth-order valence-electron chi connectivity index (χ4n) is 3.75. The smallest absolute Gasteiger partial charge is 0.434 e. The molecule has 0 aromatic rings. The third-order valence-corrected chi connectivity index (χ3v) is 5.95. The van der Waals surface area contributed by atoms with Crippen LogP contribution >= 0.6 is 0 Å². The highest BCUT2D eigenvalue weighted by molar-refractivity contribution is 5.59. The van der Waals surface area contributed by atoms with E-state index >= 15 is 0 Å². The van der Waals surface area contributed by atoms with Crippen molar-refractivity contribution in [3.8, 4) is 0 Å². The van der Waals surface area contributed by atoms with Crippen LogP contribution in [0.2, 0.25) is 0 Å². The van der Waals surface area contributed by atoms with Crippen LogP contribution in [0.5, 0.6) is 0 Å². The maximum atomic E-state index is 11.6. The van der Waals surface area contributed by atoms with Crippen LogP contribution in [0, 0.1) is 5.92 Å². The first kappa shape index (κ1) is 28.3. The van der Waals surface area contributed by atoms with Gasteiger partial charge in [-0.05, 0) is 18.8 Å². The van der Waals surface area contributed by atoms with Gasteiger partial charge in [0.1, 0.15) is 0 Å². The van der Waals surface area contributed by atoms with Crippen LogP contribution in [-0.2, 0) is 9.47 Å². The Hall–Kier alpha value is -0.730. The summed E-state index contributed by atoms with van der Waals surface area (Å²) in [5, 5.41) is 0. The Morgan fingerprint density at radius 2 is 1.03 bits per heavy atom. The van der Waals surface area contributed by atoms with Crippen molar-refractivity contribution < 1.29 is 14.3 Å². The summed E-state index contributed by atoms with van der Waals surface area (Å²) in [6, 6.07) is 0. The third-order valence-electron chi connectivity index (χ3n) is 5.95. The van der Waals surface area contributed by atoms with Crippen molar-refractivity contribution in [1.29, 1.82) is 0 Å². The van der Waals surface area contributed by atoms with Crippen LogP contribution in [0.3, 0.4) is 0 Å². The molecule has 1 unspecified atom stereocenters. The summed E-state index contributed by atoms with van der Waals surface area (Å²) in [4.78, 5) is 11.6. The Bertz CT molecular complexity index is 330. The summed E-state index contributed by atoms with van der Waals surface area (Å²) in [5.41, 5.74) is 0. The van der Waals surface area contributed by atoms with Gasteiger partial charge >= 0.3 is 6.16 Å². The third kappa shape index (κ3) is 21.8. The van der Waals surface area contributed by atoms with E-state index in [0.29, 0.717) is 19.1 Å². The molecule has 0 aliphatic rings. The highest BCUT2D eigenvalue weighted by atomic mass is 16.7. The lowest BCUT2D eigenvalue weighted by atomic mass is 10.0. The van der Waals surface area contributed by atoms with Gasteiger partial charge in [-0.1, -0.05) is 130 Å². The quantitative estimate of drug-likeness (QED) is 0.131. The molecule has 174 valence electrons. The molecule has 1 atom stereocenters. The summed E-state index contributed by atoms with van der Waals surface area (Å²) < 4.78 is 10.4. The number of ether oxygens (including phenoxy) is 2. The van der Waals surface area contributed by atoms with E-state index in [-0.39, 0.29) is 0 Å². The standard InChI is InChI=1S/C26H52O3/c1-4-7-9-10-11-12-13-14-15-16-17-18-19-20-21-23-28-26(27)29-24-25(6-3)22-8-5-2/h25H,4-24H2,1-3H3. The van der Waals surface area contributed by atoms with Gasteiger partial charge in [-0.15, -0.1) is 0 Å². The predicted octanol–water partition coefficient (Wildman–Crippen LogP) is 9.23. The fourth-order valence-corrected chi connectivity index (χ4v) is 3.75. The second kappa shape index (κ2) is 23.5. The molecule has 0 bridgehead atoms. The van der Waals surface area contributed by atoms with Crippen molar-refractivity contribution in [2.75, 3.05) is 13.2 Å². The molecule has 0 radical (unpaired) electrons. The molecule has 3 heteroatoms. The van der Waals surface area contributed by atoms with Crippen molar-refractivity contribution in [3.63, 3.8) is 0 Å². The summed E-state index contributed by atoms with van der Waals surface area (Å²) in [7, 11) is 0. The zero-order valence-corrected chi connectivity index (χ0v) is 20.2. The zero-order valence-electron chi connectivity index (χ0n) is 20.2. The van der Waals surface area contributed by atoms with Gasteiger partial charge in [0.25, 0.3) is 0 Å². The summed E-state index contributed by atoms with van der Waals surface area (Å²) in [6.07, 6.45) is 24.3. The van der Waals surface area contributed by atoms with Gasteiger partial charge in [0.05, 0.1) is 13.2 Å². The number of carbonyl (C=O) groups excluding carboxylic acids is 1. The molecule has 0 fully saturated rings. The molecule has 0 amide bonds.